The monoisotopic (exact) mass is 388 g/mol. The van der Waals surface area contributed by atoms with Gasteiger partial charge < -0.3 is 4.74 Å². The Bertz CT molecular complexity index is 973. The Morgan fingerprint density at radius 3 is 2.88 bits per heavy atom. The molecule has 0 unspecified atom stereocenters. The van der Waals surface area contributed by atoms with Gasteiger partial charge >= 0.3 is 0 Å². The molecule has 8 heteroatoms. The number of nitrogens with zero attached hydrogens (tertiary/aromatic N) is 3. The van der Waals surface area contributed by atoms with Crippen LogP contribution in [0.2, 0.25) is 10.0 Å². The predicted octanol–water partition coefficient (Wildman–Crippen LogP) is 4.10. The average molecular weight is 389 g/mol. The Labute approximate surface area is 159 Å². The van der Waals surface area contributed by atoms with Gasteiger partial charge in [0.05, 0.1) is 22.5 Å². The Morgan fingerprint density at radius 1 is 1.19 bits per heavy atom. The summed E-state index contributed by atoms with van der Waals surface area (Å²) in [5.74, 6) is 1.01. The fraction of sp³-hybridized carbons (Fsp3) is 0.167. The van der Waals surface area contributed by atoms with E-state index < -0.39 is 0 Å². The van der Waals surface area contributed by atoms with Crippen molar-refractivity contribution in [3.8, 4) is 5.75 Å². The average Bonchev–Trinajstić information content (AvgIpc) is 3.10. The number of carbonyl (C=O) groups excluding carboxylic acids is 1. The third-order valence-electron chi connectivity index (χ3n) is 4.15. The summed E-state index contributed by atoms with van der Waals surface area (Å²) in [5, 5.41) is 7.93. The zero-order chi connectivity index (χ0) is 18.1. The van der Waals surface area contributed by atoms with Crippen LogP contribution in [-0.2, 0) is 11.4 Å². The van der Waals surface area contributed by atoms with Crippen molar-refractivity contribution in [3.05, 3.63) is 70.0 Å². The lowest BCUT2D eigenvalue weighted by atomic mass is 10.0. The molecule has 1 atom stereocenters. The fourth-order valence-corrected chi connectivity index (χ4v) is 3.25. The summed E-state index contributed by atoms with van der Waals surface area (Å²) in [4.78, 5) is 16.1. The van der Waals surface area contributed by atoms with Crippen LogP contribution in [0.25, 0.3) is 0 Å². The molecule has 0 saturated carbocycles. The highest BCUT2D eigenvalue weighted by atomic mass is 35.5. The van der Waals surface area contributed by atoms with E-state index in [9.17, 15) is 4.79 Å². The Hall–Kier alpha value is -2.57. The second-order valence-corrected chi connectivity index (χ2v) is 6.69. The van der Waals surface area contributed by atoms with Crippen LogP contribution in [0.15, 0.2) is 48.8 Å². The topological polar surface area (TPSA) is 69.0 Å². The predicted molar refractivity (Wildman–Crippen MR) is 98.6 cm³/mol. The van der Waals surface area contributed by atoms with Gasteiger partial charge in [-0.15, -0.1) is 0 Å². The van der Waals surface area contributed by atoms with Gasteiger partial charge in [-0.3, -0.25) is 10.1 Å². The normalized spacial score (nSPS) is 16.1. The highest BCUT2D eigenvalue weighted by Gasteiger charge is 2.29. The largest absolute Gasteiger partial charge is 0.489 e. The van der Waals surface area contributed by atoms with Gasteiger partial charge in [-0.1, -0.05) is 47.5 Å². The number of amides is 1. The van der Waals surface area contributed by atoms with E-state index >= 15 is 0 Å². The van der Waals surface area contributed by atoms with Gasteiger partial charge in [-0.25, -0.2) is 4.68 Å². The van der Waals surface area contributed by atoms with E-state index in [2.05, 4.69) is 15.4 Å². The molecule has 6 nitrogen and oxygen atoms in total. The number of carbonyl (C=O) groups is 1. The van der Waals surface area contributed by atoms with Crippen LogP contribution in [0.3, 0.4) is 0 Å². The first kappa shape index (κ1) is 16.9. The highest BCUT2D eigenvalue weighted by Crippen LogP contribution is 2.34. The minimum absolute atomic E-state index is 0.102. The first-order valence-corrected chi connectivity index (χ1v) is 8.72. The van der Waals surface area contributed by atoms with E-state index in [-0.39, 0.29) is 18.4 Å². The third kappa shape index (κ3) is 3.25. The van der Waals surface area contributed by atoms with Gasteiger partial charge in [-0.05, 0) is 23.8 Å². The number of anilines is 1. The van der Waals surface area contributed by atoms with Crippen molar-refractivity contribution in [2.45, 2.75) is 19.1 Å². The van der Waals surface area contributed by atoms with Gasteiger partial charge in [0.15, 0.2) is 0 Å². The molecule has 1 aliphatic heterocycles. The molecule has 3 aromatic rings. The lowest BCUT2D eigenvalue weighted by Gasteiger charge is -2.25. The number of rotatable bonds is 4. The number of aromatic nitrogens is 3. The SMILES string of the molecule is O=C1C[C@@H](c2ccccc2OCc2ccc(Cl)c(Cl)c2)n2ncnc2N1. The van der Waals surface area contributed by atoms with Crippen molar-refractivity contribution in [2.75, 3.05) is 5.32 Å². The first-order valence-electron chi connectivity index (χ1n) is 7.97. The molecule has 132 valence electrons. The fourth-order valence-electron chi connectivity index (χ4n) is 2.92. The maximum atomic E-state index is 12.0. The minimum Gasteiger partial charge on any atom is -0.489 e. The molecule has 0 radical (unpaired) electrons. The molecule has 0 fully saturated rings. The summed E-state index contributed by atoms with van der Waals surface area (Å²) in [6, 6.07) is 12.7. The van der Waals surface area contributed by atoms with Gasteiger partial charge in [0.25, 0.3) is 0 Å². The molecule has 1 aliphatic rings. The number of hydrogen-bond donors (Lipinski definition) is 1. The second kappa shape index (κ2) is 6.97. The van der Waals surface area contributed by atoms with Crippen LogP contribution in [-0.4, -0.2) is 20.7 Å². The molecule has 0 aliphatic carbocycles. The van der Waals surface area contributed by atoms with E-state index in [1.807, 2.05) is 30.3 Å². The summed E-state index contributed by atoms with van der Waals surface area (Å²) >= 11 is 12.0. The second-order valence-electron chi connectivity index (χ2n) is 5.87. The lowest BCUT2D eigenvalue weighted by Crippen LogP contribution is -2.29. The minimum atomic E-state index is -0.272. The molecular formula is C18H14Cl2N4O2. The van der Waals surface area contributed by atoms with Crippen LogP contribution < -0.4 is 10.1 Å². The number of fused-ring (bicyclic) bond motifs is 1. The Kier molecular flexibility index (Phi) is 4.53. The van der Waals surface area contributed by atoms with Crippen molar-refractivity contribution in [1.82, 2.24) is 14.8 Å². The summed E-state index contributed by atoms with van der Waals surface area (Å²) in [6.45, 7) is 0.330. The zero-order valence-corrected chi connectivity index (χ0v) is 15.0. The quantitative estimate of drug-likeness (QED) is 0.730. The number of benzene rings is 2. The Morgan fingerprint density at radius 2 is 2.04 bits per heavy atom. The third-order valence-corrected chi connectivity index (χ3v) is 4.89. The Balaban J connectivity index is 1.61. The van der Waals surface area contributed by atoms with Crippen LogP contribution in [0.5, 0.6) is 5.75 Å². The van der Waals surface area contributed by atoms with Crippen molar-refractivity contribution >= 4 is 35.1 Å². The molecule has 4 rings (SSSR count). The summed E-state index contributed by atoms with van der Waals surface area (Å²) < 4.78 is 7.70. The first-order chi connectivity index (χ1) is 12.6. The number of nitrogens with one attached hydrogen (secondary N) is 1. The van der Waals surface area contributed by atoms with E-state index in [0.717, 1.165) is 11.1 Å². The van der Waals surface area contributed by atoms with Gasteiger partial charge in [-0.2, -0.15) is 10.1 Å². The lowest BCUT2D eigenvalue weighted by molar-refractivity contribution is -0.117. The molecule has 2 heterocycles. The zero-order valence-electron chi connectivity index (χ0n) is 13.5. The molecule has 1 aromatic heterocycles. The van der Waals surface area contributed by atoms with Gasteiger partial charge in [0.1, 0.15) is 18.7 Å². The number of hydrogen-bond acceptors (Lipinski definition) is 4. The van der Waals surface area contributed by atoms with E-state index in [0.29, 0.717) is 28.3 Å². The number of halogens is 2. The molecule has 0 spiro atoms. The van der Waals surface area contributed by atoms with Gasteiger partial charge in [0, 0.05) is 5.56 Å². The van der Waals surface area contributed by atoms with Crippen LogP contribution >= 0.6 is 23.2 Å². The molecule has 2 aromatic carbocycles. The maximum Gasteiger partial charge on any atom is 0.229 e. The molecular weight excluding hydrogens is 375 g/mol. The van der Waals surface area contributed by atoms with E-state index in [4.69, 9.17) is 27.9 Å². The standard InChI is InChI=1S/C18H14Cl2N4O2/c19-13-6-5-11(7-14(13)20)9-26-16-4-2-1-3-12(16)15-8-17(25)23-18-21-10-22-24(15)18/h1-7,10,15H,8-9H2,(H,21,22,23,25)/t15-/m0/s1. The smallest absolute Gasteiger partial charge is 0.229 e. The summed E-state index contributed by atoms with van der Waals surface area (Å²) in [6.07, 6.45) is 1.69. The maximum absolute atomic E-state index is 12.0. The van der Waals surface area contributed by atoms with E-state index in [1.165, 1.54) is 6.33 Å². The summed E-state index contributed by atoms with van der Waals surface area (Å²) in [5.41, 5.74) is 1.77. The number of ether oxygens (including phenoxy) is 1. The molecule has 0 bridgehead atoms. The highest BCUT2D eigenvalue weighted by molar-refractivity contribution is 6.42. The van der Waals surface area contributed by atoms with Gasteiger partial charge in [0.2, 0.25) is 11.9 Å². The molecule has 1 amide bonds. The molecule has 0 saturated heterocycles. The molecule has 26 heavy (non-hydrogen) atoms. The summed E-state index contributed by atoms with van der Waals surface area (Å²) in [7, 11) is 0. The van der Waals surface area contributed by atoms with Crippen molar-refractivity contribution < 1.29 is 9.53 Å². The van der Waals surface area contributed by atoms with Crippen molar-refractivity contribution in [2.24, 2.45) is 0 Å². The number of para-hydroxylation sites is 1. The van der Waals surface area contributed by atoms with Crippen molar-refractivity contribution in [3.63, 3.8) is 0 Å². The van der Waals surface area contributed by atoms with Crippen molar-refractivity contribution in [1.29, 1.82) is 0 Å². The van der Waals surface area contributed by atoms with Crippen LogP contribution in [0.4, 0.5) is 5.95 Å². The van der Waals surface area contributed by atoms with E-state index in [1.54, 1.807) is 16.8 Å². The molecule has 1 N–H and O–H groups in total. The van der Waals surface area contributed by atoms with Crippen LogP contribution in [0, 0.1) is 0 Å². The van der Waals surface area contributed by atoms with Crippen LogP contribution in [0.1, 0.15) is 23.6 Å².